The van der Waals surface area contributed by atoms with E-state index in [1.54, 1.807) is 0 Å². The molecule has 1 aromatic rings. The van der Waals surface area contributed by atoms with E-state index in [0.717, 1.165) is 32.0 Å². The SMILES string of the molecule is CCC1CN(CC2COc3ccccc32)C(C)CN1. The highest BCUT2D eigenvalue weighted by Crippen LogP contribution is 2.34. The molecule has 0 bridgehead atoms. The van der Waals surface area contributed by atoms with Crippen molar-refractivity contribution in [2.75, 3.05) is 26.2 Å². The highest BCUT2D eigenvalue weighted by molar-refractivity contribution is 5.39. The fraction of sp³-hybridized carbons (Fsp3) is 0.625. The Morgan fingerprint density at radius 3 is 3.05 bits per heavy atom. The predicted octanol–water partition coefficient (Wildman–Crippen LogP) is 2.23. The summed E-state index contributed by atoms with van der Waals surface area (Å²) in [6.07, 6.45) is 1.21. The lowest BCUT2D eigenvalue weighted by Gasteiger charge is -2.39. The first-order valence-corrected chi connectivity index (χ1v) is 7.47. The van der Waals surface area contributed by atoms with Gasteiger partial charge in [0.05, 0.1) is 6.61 Å². The molecule has 0 aliphatic carbocycles. The maximum absolute atomic E-state index is 5.80. The van der Waals surface area contributed by atoms with Gasteiger partial charge in [0.15, 0.2) is 0 Å². The zero-order valence-electron chi connectivity index (χ0n) is 11.9. The molecular formula is C16H24N2O. The molecule has 1 N–H and O–H groups in total. The lowest BCUT2D eigenvalue weighted by molar-refractivity contribution is 0.126. The molecule has 19 heavy (non-hydrogen) atoms. The van der Waals surface area contributed by atoms with Gasteiger partial charge in [-0.15, -0.1) is 0 Å². The number of piperazine rings is 1. The van der Waals surface area contributed by atoms with Gasteiger partial charge >= 0.3 is 0 Å². The van der Waals surface area contributed by atoms with Gasteiger partial charge in [0, 0.05) is 43.2 Å². The number of hydrogen-bond donors (Lipinski definition) is 1. The van der Waals surface area contributed by atoms with E-state index in [4.69, 9.17) is 4.74 Å². The highest BCUT2D eigenvalue weighted by Gasteiger charge is 2.30. The average Bonchev–Trinajstić information content (AvgIpc) is 2.85. The van der Waals surface area contributed by atoms with E-state index < -0.39 is 0 Å². The predicted molar refractivity (Wildman–Crippen MR) is 77.8 cm³/mol. The number of rotatable bonds is 3. The molecule has 0 saturated carbocycles. The summed E-state index contributed by atoms with van der Waals surface area (Å²) in [4.78, 5) is 2.63. The summed E-state index contributed by atoms with van der Waals surface area (Å²) in [5.41, 5.74) is 1.39. The van der Waals surface area contributed by atoms with Crippen LogP contribution in [0.25, 0.3) is 0 Å². The molecule has 1 aromatic carbocycles. The monoisotopic (exact) mass is 260 g/mol. The topological polar surface area (TPSA) is 24.5 Å². The summed E-state index contributed by atoms with van der Waals surface area (Å²) in [6.45, 7) is 8.81. The third-order valence-electron chi connectivity index (χ3n) is 4.53. The summed E-state index contributed by atoms with van der Waals surface area (Å²) in [6, 6.07) is 9.75. The van der Waals surface area contributed by atoms with Crippen molar-refractivity contribution in [1.82, 2.24) is 10.2 Å². The van der Waals surface area contributed by atoms with Crippen LogP contribution in [0.1, 0.15) is 31.7 Å². The Labute approximate surface area is 115 Å². The van der Waals surface area contributed by atoms with Gasteiger partial charge in [-0.2, -0.15) is 0 Å². The van der Waals surface area contributed by atoms with Gasteiger partial charge in [-0.25, -0.2) is 0 Å². The summed E-state index contributed by atoms with van der Waals surface area (Å²) in [5, 5.41) is 3.62. The van der Waals surface area contributed by atoms with Crippen LogP contribution in [0.4, 0.5) is 0 Å². The van der Waals surface area contributed by atoms with Crippen molar-refractivity contribution in [1.29, 1.82) is 0 Å². The largest absolute Gasteiger partial charge is 0.493 e. The van der Waals surface area contributed by atoms with Crippen LogP contribution in [0.3, 0.4) is 0 Å². The minimum atomic E-state index is 0.536. The summed E-state index contributed by atoms with van der Waals surface area (Å²) in [5.74, 6) is 1.62. The third kappa shape index (κ3) is 2.63. The molecule has 3 unspecified atom stereocenters. The van der Waals surface area contributed by atoms with E-state index in [1.165, 1.54) is 12.0 Å². The molecular weight excluding hydrogens is 236 g/mol. The van der Waals surface area contributed by atoms with Crippen LogP contribution in [0.2, 0.25) is 0 Å². The number of fused-ring (bicyclic) bond motifs is 1. The van der Waals surface area contributed by atoms with Gasteiger partial charge in [-0.1, -0.05) is 25.1 Å². The Morgan fingerprint density at radius 1 is 1.37 bits per heavy atom. The van der Waals surface area contributed by atoms with Crippen molar-refractivity contribution >= 4 is 0 Å². The van der Waals surface area contributed by atoms with Crippen molar-refractivity contribution in [3.63, 3.8) is 0 Å². The Bertz CT molecular complexity index is 435. The first-order valence-electron chi connectivity index (χ1n) is 7.47. The Hall–Kier alpha value is -1.06. The number of ether oxygens (including phenoxy) is 1. The van der Waals surface area contributed by atoms with Gasteiger partial charge in [0.25, 0.3) is 0 Å². The van der Waals surface area contributed by atoms with Crippen LogP contribution >= 0.6 is 0 Å². The van der Waals surface area contributed by atoms with Gasteiger partial charge in [0.2, 0.25) is 0 Å². The van der Waals surface area contributed by atoms with Crippen molar-refractivity contribution < 1.29 is 4.74 Å². The molecule has 3 atom stereocenters. The molecule has 104 valence electrons. The number of nitrogens with zero attached hydrogens (tertiary/aromatic N) is 1. The van der Waals surface area contributed by atoms with E-state index in [9.17, 15) is 0 Å². The fourth-order valence-corrected chi connectivity index (χ4v) is 3.19. The van der Waals surface area contributed by atoms with Crippen molar-refractivity contribution in [2.45, 2.75) is 38.3 Å². The Balaban J connectivity index is 1.68. The number of nitrogens with one attached hydrogen (secondary N) is 1. The number of hydrogen-bond acceptors (Lipinski definition) is 3. The highest BCUT2D eigenvalue weighted by atomic mass is 16.5. The van der Waals surface area contributed by atoms with Crippen LogP contribution in [-0.4, -0.2) is 43.2 Å². The van der Waals surface area contributed by atoms with E-state index in [1.807, 2.05) is 0 Å². The molecule has 0 radical (unpaired) electrons. The normalized spacial score (nSPS) is 30.9. The zero-order chi connectivity index (χ0) is 13.2. The summed E-state index contributed by atoms with van der Waals surface area (Å²) < 4.78 is 5.80. The molecule has 1 fully saturated rings. The average molecular weight is 260 g/mol. The van der Waals surface area contributed by atoms with Crippen LogP contribution < -0.4 is 10.1 Å². The van der Waals surface area contributed by atoms with Crippen molar-refractivity contribution in [2.24, 2.45) is 0 Å². The quantitative estimate of drug-likeness (QED) is 0.902. The van der Waals surface area contributed by atoms with Crippen molar-refractivity contribution in [3.05, 3.63) is 29.8 Å². The minimum absolute atomic E-state index is 0.536. The molecule has 0 aromatic heterocycles. The molecule has 2 aliphatic heterocycles. The van der Waals surface area contributed by atoms with Crippen LogP contribution in [-0.2, 0) is 0 Å². The summed E-state index contributed by atoms with van der Waals surface area (Å²) >= 11 is 0. The third-order valence-corrected chi connectivity index (χ3v) is 4.53. The van der Waals surface area contributed by atoms with Crippen LogP contribution in [0, 0.1) is 0 Å². The second-order valence-corrected chi connectivity index (χ2v) is 5.86. The maximum Gasteiger partial charge on any atom is 0.122 e. The molecule has 2 aliphatic rings. The summed E-state index contributed by atoms with van der Waals surface area (Å²) in [7, 11) is 0. The number of para-hydroxylation sites is 1. The van der Waals surface area contributed by atoms with E-state index in [-0.39, 0.29) is 0 Å². The second kappa shape index (κ2) is 5.51. The van der Waals surface area contributed by atoms with Crippen LogP contribution in [0.5, 0.6) is 5.75 Å². The lowest BCUT2D eigenvalue weighted by Crippen LogP contribution is -2.56. The minimum Gasteiger partial charge on any atom is -0.493 e. The molecule has 3 rings (SSSR count). The molecule has 2 heterocycles. The number of benzene rings is 1. The molecule has 3 nitrogen and oxygen atoms in total. The van der Waals surface area contributed by atoms with Crippen LogP contribution in [0.15, 0.2) is 24.3 Å². The maximum atomic E-state index is 5.80. The molecule has 1 saturated heterocycles. The first kappa shape index (κ1) is 12.9. The Morgan fingerprint density at radius 2 is 2.21 bits per heavy atom. The van der Waals surface area contributed by atoms with Gasteiger partial charge in [0.1, 0.15) is 5.75 Å². The Kier molecular flexibility index (Phi) is 3.76. The van der Waals surface area contributed by atoms with E-state index >= 15 is 0 Å². The second-order valence-electron chi connectivity index (χ2n) is 5.86. The smallest absolute Gasteiger partial charge is 0.122 e. The van der Waals surface area contributed by atoms with Gasteiger partial charge in [-0.05, 0) is 19.4 Å². The van der Waals surface area contributed by atoms with Gasteiger partial charge < -0.3 is 10.1 Å². The first-order chi connectivity index (χ1) is 9.28. The van der Waals surface area contributed by atoms with Gasteiger partial charge in [-0.3, -0.25) is 4.90 Å². The fourth-order valence-electron chi connectivity index (χ4n) is 3.19. The van der Waals surface area contributed by atoms with E-state index in [2.05, 4.69) is 48.3 Å². The molecule has 3 heteroatoms. The van der Waals surface area contributed by atoms with E-state index in [0.29, 0.717) is 18.0 Å². The lowest BCUT2D eigenvalue weighted by atomic mass is 9.98. The molecule has 0 amide bonds. The zero-order valence-corrected chi connectivity index (χ0v) is 11.9. The van der Waals surface area contributed by atoms with Crippen molar-refractivity contribution in [3.8, 4) is 5.75 Å². The molecule has 0 spiro atoms. The standard InChI is InChI=1S/C16H24N2O/c1-3-14-10-18(12(2)8-17-14)9-13-11-19-16-7-5-4-6-15(13)16/h4-7,12-14,17H,3,8-11H2,1-2H3.